The number of carboxylic acids is 1. The summed E-state index contributed by atoms with van der Waals surface area (Å²) in [6.45, 7) is 2.23. The molecule has 0 unspecified atom stereocenters. The van der Waals surface area contributed by atoms with Crippen molar-refractivity contribution < 1.29 is 33.8 Å². The molecule has 0 rings (SSSR count). The van der Waals surface area contributed by atoms with Gasteiger partial charge in [-0.15, -0.1) is 0 Å². The number of aliphatic carboxylic acids is 1. The maximum Gasteiger partial charge on any atom is 0.326 e. The van der Waals surface area contributed by atoms with Crippen LogP contribution in [-0.4, -0.2) is 67.3 Å². The summed E-state index contributed by atoms with van der Waals surface area (Å²) < 4.78 is 8.83. The number of urea groups is 1. The lowest BCUT2D eigenvalue weighted by Crippen LogP contribution is -2.52. The van der Waals surface area contributed by atoms with Gasteiger partial charge in [-0.2, -0.15) is 0 Å². The summed E-state index contributed by atoms with van der Waals surface area (Å²) in [4.78, 5) is 46.3. The third-order valence-electron chi connectivity index (χ3n) is 2.59. The van der Waals surface area contributed by atoms with E-state index in [0.717, 1.165) is 19.1 Å². The lowest BCUT2D eigenvalue weighted by molar-refractivity contribution is -0.144. The van der Waals surface area contributed by atoms with E-state index in [1.165, 1.54) is 0 Å². The van der Waals surface area contributed by atoms with Gasteiger partial charge >= 0.3 is 23.9 Å². The Morgan fingerprint density at radius 3 is 1.76 bits per heavy atom. The van der Waals surface area contributed by atoms with Crippen LogP contribution in [0.4, 0.5) is 4.79 Å². The molecule has 2 N–H and O–H groups in total. The van der Waals surface area contributed by atoms with Crippen LogP contribution in [0.2, 0.25) is 0 Å². The van der Waals surface area contributed by atoms with E-state index in [2.05, 4.69) is 14.8 Å². The number of carbonyl (C=O) groups excluding carboxylic acids is 3. The molecule has 0 saturated carbocycles. The van der Waals surface area contributed by atoms with Crippen molar-refractivity contribution in [3.63, 3.8) is 0 Å². The van der Waals surface area contributed by atoms with Crippen molar-refractivity contribution in [1.82, 2.24) is 10.2 Å². The number of hydrogen-bond acceptors (Lipinski definition) is 6. The summed E-state index contributed by atoms with van der Waals surface area (Å²) >= 11 is 0. The predicted octanol–water partition coefficient (Wildman–Crippen LogP) is -0.547. The first-order valence-corrected chi connectivity index (χ1v) is 6.14. The molecule has 0 aliphatic rings. The second-order valence-corrected chi connectivity index (χ2v) is 4.52. The number of methoxy groups -OCH3 is 2. The fourth-order valence-corrected chi connectivity index (χ4v) is 1.38. The lowest BCUT2D eigenvalue weighted by Gasteiger charge is -2.24. The van der Waals surface area contributed by atoms with Crippen LogP contribution < -0.4 is 5.32 Å². The molecule has 0 aromatic heterocycles. The lowest BCUT2D eigenvalue weighted by atomic mass is 10.1. The van der Waals surface area contributed by atoms with Crippen molar-refractivity contribution in [1.29, 1.82) is 0 Å². The zero-order valence-corrected chi connectivity index (χ0v) is 12.4. The third-order valence-corrected chi connectivity index (χ3v) is 2.59. The first kappa shape index (κ1) is 18.7. The molecular formula is C12H20N2O7. The van der Waals surface area contributed by atoms with Crippen molar-refractivity contribution in [2.75, 3.05) is 27.3 Å². The molecule has 21 heavy (non-hydrogen) atoms. The number of nitrogens with zero attached hydrogens (tertiary/aromatic N) is 1. The Hall–Kier alpha value is -2.32. The van der Waals surface area contributed by atoms with Gasteiger partial charge in [0.2, 0.25) is 0 Å². The van der Waals surface area contributed by atoms with Crippen LogP contribution in [0, 0.1) is 5.92 Å². The quantitative estimate of drug-likeness (QED) is 0.605. The van der Waals surface area contributed by atoms with Crippen molar-refractivity contribution in [2.24, 2.45) is 5.92 Å². The van der Waals surface area contributed by atoms with Crippen LogP contribution in [0.3, 0.4) is 0 Å². The zero-order valence-electron chi connectivity index (χ0n) is 12.4. The standard InChI is InChI=1S/C12H20N2O7/c1-7(2)10(11(17)18)13-12(19)14(5-8(15)20-3)6-9(16)21-4/h7,10H,5-6H2,1-4H3,(H,13,19)(H,17,18)/t10-/m0/s1. The van der Waals surface area contributed by atoms with Crippen LogP contribution in [0.1, 0.15) is 13.8 Å². The average molecular weight is 304 g/mol. The fraction of sp³-hybridized carbons (Fsp3) is 0.667. The van der Waals surface area contributed by atoms with E-state index in [0.29, 0.717) is 0 Å². The Labute approximate surface area is 122 Å². The van der Waals surface area contributed by atoms with Gasteiger partial charge in [-0.05, 0) is 5.92 Å². The van der Waals surface area contributed by atoms with Crippen molar-refractivity contribution >= 4 is 23.9 Å². The molecular weight excluding hydrogens is 284 g/mol. The fourth-order valence-electron chi connectivity index (χ4n) is 1.38. The molecule has 0 saturated heterocycles. The smallest absolute Gasteiger partial charge is 0.326 e. The van der Waals surface area contributed by atoms with Crippen LogP contribution in [0.15, 0.2) is 0 Å². The Morgan fingerprint density at radius 1 is 1.05 bits per heavy atom. The molecule has 0 aliphatic carbocycles. The monoisotopic (exact) mass is 304 g/mol. The first-order valence-electron chi connectivity index (χ1n) is 6.14. The highest BCUT2D eigenvalue weighted by molar-refractivity contribution is 5.87. The third kappa shape index (κ3) is 6.59. The van der Waals surface area contributed by atoms with Crippen LogP contribution in [0.5, 0.6) is 0 Å². The molecule has 0 spiro atoms. The molecule has 0 heterocycles. The van der Waals surface area contributed by atoms with E-state index in [4.69, 9.17) is 5.11 Å². The van der Waals surface area contributed by atoms with Gasteiger partial charge < -0.3 is 24.8 Å². The molecule has 0 radical (unpaired) electrons. The molecule has 9 heteroatoms. The molecule has 0 aromatic rings. The van der Waals surface area contributed by atoms with Gasteiger partial charge in [0.1, 0.15) is 19.1 Å². The van der Waals surface area contributed by atoms with Crippen LogP contribution in [0.25, 0.3) is 0 Å². The summed E-state index contributed by atoms with van der Waals surface area (Å²) in [6.07, 6.45) is 0. The van der Waals surface area contributed by atoms with Crippen LogP contribution >= 0.6 is 0 Å². The van der Waals surface area contributed by atoms with Gasteiger partial charge in [0.25, 0.3) is 0 Å². The molecule has 0 fully saturated rings. The summed E-state index contributed by atoms with van der Waals surface area (Å²) in [6, 6.07) is -2.01. The summed E-state index contributed by atoms with van der Waals surface area (Å²) in [5.74, 6) is -3.07. The van der Waals surface area contributed by atoms with E-state index in [9.17, 15) is 19.2 Å². The number of carboxylic acid groups (broad SMARTS) is 1. The summed E-state index contributed by atoms with van der Waals surface area (Å²) in [5, 5.41) is 11.3. The van der Waals surface area contributed by atoms with Gasteiger partial charge in [-0.1, -0.05) is 13.8 Å². The zero-order chi connectivity index (χ0) is 16.6. The van der Waals surface area contributed by atoms with E-state index in [1.54, 1.807) is 13.8 Å². The normalized spacial score (nSPS) is 11.5. The largest absolute Gasteiger partial charge is 0.480 e. The van der Waals surface area contributed by atoms with E-state index >= 15 is 0 Å². The van der Waals surface area contributed by atoms with Gasteiger partial charge in [0.05, 0.1) is 14.2 Å². The number of nitrogens with one attached hydrogen (secondary N) is 1. The highest BCUT2D eigenvalue weighted by Crippen LogP contribution is 2.03. The van der Waals surface area contributed by atoms with E-state index in [1.807, 2.05) is 0 Å². The summed E-state index contributed by atoms with van der Waals surface area (Å²) in [7, 11) is 2.26. The molecule has 120 valence electrons. The van der Waals surface area contributed by atoms with Gasteiger partial charge in [-0.25, -0.2) is 9.59 Å². The van der Waals surface area contributed by atoms with Gasteiger partial charge in [0, 0.05) is 0 Å². The highest BCUT2D eigenvalue weighted by atomic mass is 16.5. The highest BCUT2D eigenvalue weighted by Gasteiger charge is 2.28. The second-order valence-electron chi connectivity index (χ2n) is 4.52. The second kappa shape index (κ2) is 8.77. The van der Waals surface area contributed by atoms with E-state index < -0.39 is 43.1 Å². The maximum atomic E-state index is 12.0. The average Bonchev–Trinajstić information content (AvgIpc) is 2.42. The Morgan fingerprint density at radius 2 is 1.48 bits per heavy atom. The molecule has 0 aliphatic heterocycles. The SMILES string of the molecule is COC(=O)CN(CC(=O)OC)C(=O)N[C@H](C(=O)O)C(C)C. The molecule has 0 bridgehead atoms. The number of ether oxygens (including phenoxy) is 2. The minimum Gasteiger partial charge on any atom is -0.480 e. The number of carbonyl (C=O) groups is 4. The minimum absolute atomic E-state index is 0.371. The maximum absolute atomic E-state index is 12.0. The van der Waals surface area contributed by atoms with Gasteiger partial charge in [0.15, 0.2) is 0 Å². The van der Waals surface area contributed by atoms with E-state index in [-0.39, 0.29) is 5.92 Å². The number of esters is 2. The molecule has 2 amide bonds. The molecule has 9 nitrogen and oxygen atoms in total. The van der Waals surface area contributed by atoms with Gasteiger partial charge in [-0.3, -0.25) is 9.59 Å². The first-order chi connectivity index (χ1) is 9.72. The summed E-state index contributed by atoms with van der Waals surface area (Å²) in [5.41, 5.74) is 0. The Balaban J connectivity index is 4.95. The topological polar surface area (TPSA) is 122 Å². The van der Waals surface area contributed by atoms with Crippen molar-refractivity contribution in [2.45, 2.75) is 19.9 Å². The molecule has 1 atom stereocenters. The number of amides is 2. The molecule has 0 aromatic carbocycles. The Kier molecular flexibility index (Phi) is 7.80. The van der Waals surface area contributed by atoms with Crippen LogP contribution in [-0.2, 0) is 23.9 Å². The number of hydrogen-bond donors (Lipinski definition) is 2. The minimum atomic E-state index is -1.21. The predicted molar refractivity (Wildman–Crippen MR) is 70.4 cm³/mol. The Bertz CT molecular complexity index is 390. The van der Waals surface area contributed by atoms with Crippen molar-refractivity contribution in [3.05, 3.63) is 0 Å². The van der Waals surface area contributed by atoms with Crippen molar-refractivity contribution in [3.8, 4) is 0 Å². The number of rotatable bonds is 7.